The zero-order chi connectivity index (χ0) is 19.2. The number of anilines is 1. The van der Waals surface area contributed by atoms with Gasteiger partial charge in [-0.05, 0) is 13.8 Å². The van der Waals surface area contributed by atoms with Gasteiger partial charge in [0.2, 0.25) is 5.95 Å². The molecule has 2 aliphatic heterocycles. The van der Waals surface area contributed by atoms with Crippen LogP contribution in [0.1, 0.15) is 25.2 Å². The van der Waals surface area contributed by atoms with E-state index in [0.717, 1.165) is 11.9 Å². The van der Waals surface area contributed by atoms with Crippen LogP contribution in [-0.4, -0.2) is 43.9 Å². The minimum atomic E-state index is -1.91. The number of alkyl halides is 1. The Hall–Kier alpha value is -2.36. The molecule has 2 N–H and O–H groups in total. The van der Waals surface area contributed by atoms with Crippen molar-refractivity contribution in [3.05, 3.63) is 42.0 Å². The lowest BCUT2D eigenvalue weighted by atomic mass is 9.86. The normalized spacial score (nSPS) is 25.3. The Kier molecular flexibility index (Phi) is 4.25. The van der Waals surface area contributed by atoms with Gasteiger partial charge in [-0.25, -0.2) is 23.7 Å². The number of nitrogens with zero attached hydrogens (tertiary/aromatic N) is 6. The van der Waals surface area contributed by atoms with Crippen molar-refractivity contribution in [2.75, 3.05) is 23.7 Å². The topological polar surface area (TPSA) is 93.2 Å². The van der Waals surface area contributed by atoms with Gasteiger partial charge in [0.1, 0.15) is 16.9 Å². The van der Waals surface area contributed by atoms with E-state index in [1.165, 1.54) is 25.6 Å². The molecular weight excluding hydrogens is 372 g/mol. The number of amidine groups is 1. The van der Waals surface area contributed by atoms with E-state index in [-0.39, 0.29) is 17.6 Å². The van der Waals surface area contributed by atoms with E-state index in [9.17, 15) is 8.78 Å². The highest BCUT2D eigenvalue weighted by atomic mass is 32.2. The molecule has 7 nitrogen and oxygen atoms in total. The molecule has 0 saturated carbocycles. The Morgan fingerprint density at radius 3 is 2.81 bits per heavy atom. The molecule has 10 heteroatoms. The summed E-state index contributed by atoms with van der Waals surface area (Å²) in [6.07, 6.45) is 5.92. The van der Waals surface area contributed by atoms with E-state index in [0.29, 0.717) is 24.0 Å². The van der Waals surface area contributed by atoms with E-state index < -0.39 is 17.0 Å². The van der Waals surface area contributed by atoms with Crippen LogP contribution in [0.5, 0.6) is 0 Å². The van der Waals surface area contributed by atoms with E-state index in [1.807, 2.05) is 4.90 Å². The first-order valence-electron chi connectivity index (χ1n) is 8.51. The first-order valence-corrected chi connectivity index (χ1v) is 9.49. The van der Waals surface area contributed by atoms with Gasteiger partial charge < -0.3 is 10.6 Å². The number of aromatic nitrogens is 4. The second-order valence-electron chi connectivity index (χ2n) is 7.19. The highest BCUT2D eigenvalue weighted by molar-refractivity contribution is 8.13. The molecule has 2 atom stereocenters. The van der Waals surface area contributed by atoms with Crippen LogP contribution in [0.25, 0.3) is 0 Å². The molecule has 142 valence electrons. The lowest BCUT2D eigenvalue weighted by Gasteiger charge is -2.33. The SMILES string of the molecule is CC(C)(F)c1nc(N2CC3CSC(N)=NC3(c3cnccn3)C2)ncc1F. The van der Waals surface area contributed by atoms with Gasteiger partial charge in [0.25, 0.3) is 0 Å². The number of aliphatic imine (C=N–C) groups is 1. The fraction of sp³-hybridized carbons (Fsp3) is 0.471. The Balaban J connectivity index is 1.75. The number of fused-ring (bicyclic) bond motifs is 1. The highest BCUT2D eigenvalue weighted by Gasteiger charge is 2.52. The summed E-state index contributed by atoms with van der Waals surface area (Å²) in [6.45, 7) is 3.54. The molecule has 1 saturated heterocycles. The zero-order valence-electron chi connectivity index (χ0n) is 14.9. The molecule has 0 aromatic carbocycles. The Labute approximate surface area is 159 Å². The van der Waals surface area contributed by atoms with Gasteiger partial charge in [0, 0.05) is 30.6 Å². The van der Waals surface area contributed by atoms with Crippen molar-refractivity contribution in [3.63, 3.8) is 0 Å². The van der Waals surface area contributed by atoms with Crippen LogP contribution in [0.4, 0.5) is 14.7 Å². The van der Waals surface area contributed by atoms with Gasteiger partial charge in [-0.3, -0.25) is 9.97 Å². The maximum absolute atomic E-state index is 14.3. The largest absolute Gasteiger partial charge is 0.379 e. The number of nitrogens with two attached hydrogens (primary N) is 1. The average Bonchev–Trinajstić information content (AvgIpc) is 3.02. The molecule has 0 amide bonds. The number of thioether (sulfide) groups is 1. The first-order chi connectivity index (χ1) is 12.8. The van der Waals surface area contributed by atoms with Crippen molar-refractivity contribution >= 4 is 22.9 Å². The van der Waals surface area contributed by atoms with Crippen LogP contribution in [0.3, 0.4) is 0 Å². The van der Waals surface area contributed by atoms with Crippen molar-refractivity contribution in [2.45, 2.75) is 25.1 Å². The predicted octanol–water partition coefficient (Wildman–Crippen LogP) is 2.00. The van der Waals surface area contributed by atoms with Crippen molar-refractivity contribution in [2.24, 2.45) is 16.6 Å². The number of hydrogen-bond donors (Lipinski definition) is 1. The summed E-state index contributed by atoms with van der Waals surface area (Å²) in [5.74, 6) is 0.366. The van der Waals surface area contributed by atoms with Crippen LogP contribution in [0.2, 0.25) is 0 Å². The van der Waals surface area contributed by atoms with Gasteiger partial charge in [-0.15, -0.1) is 0 Å². The van der Waals surface area contributed by atoms with E-state index in [2.05, 4.69) is 19.9 Å². The Morgan fingerprint density at radius 1 is 1.30 bits per heavy atom. The van der Waals surface area contributed by atoms with Crippen LogP contribution in [0, 0.1) is 11.7 Å². The third-order valence-corrected chi connectivity index (χ3v) is 5.83. The van der Waals surface area contributed by atoms with Crippen molar-refractivity contribution in [1.29, 1.82) is 0 Å². The molecule has 2 aromatic heterocycles. The second kappa shape index (κ2) is 6.36. The van der Waals surface area contributed by atoms with Gasteiger partial charge >= 0.3 is 0 Å². The molecule has 2 aromatic rings. The van der Waals surface area contributed by atoms with E-state index in [1.54, 1.807) is 18.6 Å². The summed E-state index contributed by atoms with van der Waals surface area (Å²) in [7, 11) is 0. The van der Waals surface area contributed by atoms with Gasteiger partial charge in [0.05, 0.1) is 24.6 Å². The molecule has 2 aliphatic rings. The number of hydrogen-bond acceptors (Lipinski definition) is 8. The maximum atomic E-state index is 14.3. The highest BCUT2D eigenvalue weighted by Crippen LogP contribution is 2.45. The van der Waals surface area contributed by atoms with Gasteiger partial charge in [0.15, 0.2) is 11.0 Å². The molecule has 4 rings (SSSR count). The zero-order valence-corrected chi connectivity index (χ0v) is 15.7. The minimum Gasteiger partial charge on any atom is -0.379 e. The fourth-order valence-electron chi connectivity index (χ4n) is 3.58. The molecule has 2 unspecified atom stereocenters. The summed E-state index contributed by atoms with van der Waals surface area (Å²) in [4.78, 5) is 23.5. The molecule has 0 aliphatic carbocycles. The monoisotopic (exact) mass is 391 g/mol. The quantitative estimate of drug-likeness (QED) is 0.855. The van der Waals surface area contributed by atoms with Crippen molar-refractivity contribution in [3.8, 4) is 0 Å². The molecule has 0 bridgehead atoms. The third-order valence-electron chi connectivity index (χ3n) is 4.87. The van der Waals surface area contributed by atoms with Crippen molar-refractivity contribution < 1.29 is 8.78 Å². The molecular formula is C17H19F2N7S. The van der Waals surface area contributed by atoms with E-state index >= 15 is 0 Å². The van der Waals surface area contributed by atoms with Crippen LogP contribution >= 0.6 is 11.8 Å². The van der Waals surface area contributed by atoms with Gasteiger partial charge in [-0.1, -0.05) is 11.8 Å². The molecule has 4 heterocycles. The van der Waals surface area contributed by atoms with Crippen molar-refractivity contribution in [1.82, 2.24) is 19.9 Å². The lowest BCUT2D eigenvalue weighted by Crippen LogP contribution is -2.40. The predicted molar refractivity (Wildman–Crippen MR) is 99.6 cm³/mol. The van der Waals surface area contributed by atoms with Crippen LogP contribution < -0.4 is 10.6 Å². The summed E-state index contributed by atoms with van der Waals surface area (Å²) in [5.41, 5.74) is 3.89. The third kappa shape index (κ3) is 3.11. The first kappa shape index (κ1) is 18.0. The van der Waals surface area contributed by atoms with E-state index in [4.69, 9.17) is 10.7 Å². The minimum absolute atomic E-state index is 0.0991. The Morgan fingerprint density at radius 2 is 2.11 bits per heavy atom. The number of rotatable bonds is 3. The summed E-state index contributed by atoms with van der Waals surface area (Å²) in [5, 5.41) is 0.490. The average molecular weight is 391 g/mol. The smallest absolute Gasteiger partial charge is 0.225 e. The standard InChI is InChI=1S/C17H19F2N7S/c1-16(2,19)13-11(18)5-23-15(24-13)26-7-10-8-27-14(20)25-17(10,9-26)12-6-21-3-4-22-12/h3-6,10H,7-9H2,1-2H3,(H2,20,25). The van der Waals surface area contributed by atoms with Gasteiger partial charge in [-0.2, -0.15) is 0 Å². The number of halogens is 2. The summed E-state index contributed by atoms with van der Waals surface area (Å²) in [6, 6.07) is 0. The fourth-order valence-corrected chi connectivity index (χ4v) is 4.56. The molecule has 27 heavy (non-hydrogen) atoms. The Bertz CT molecular complexity index is 887. The van der Waals surface area contributed by atoms with Crippen LogP contribution in [0.15, 0.2) is 29.8 Å². The molecule has 0 radical (unpaired) electrons. The summed E-state index contributed by atoms with van der Waals surface area (Å²) >= 11 is 1.49. The van der Waals surface area contributed by atoms with Crippen LogP contribution in [-0.2, 0) is 11.2 Å². The molecule has 0 spiro atoms. The maximum Gasteiger partial charge on any atom is 0.225 e. The summed E-state index contributed by atoms with van der Waals surface area (Å²) < 4.78 is 28.3. The second-order valence-corrected chi connectivity index (χ2v) is 8.23. The lowest BCUT2D eigenvalue weighted by molar-refractivity contribution is 0.205. The molecule has 1 fully saturated rings.